The highest BCUT2D eigenvalue weighted by molar-refractivity contribution is 6.11. The Morgan fingerprint density at radius 1 is 0.375 bits per heavy atom. The van der Waals surface area contributed by atoms with Crippen molar-refractivity contribution >= 4 is 43.6 Å². The summed E-state index contributed by atoms with van der Waals surface area (Å²) in [6, 6.07) is 60.8. The molecule has 0 saturated carbocycles. The molecule has 0 saturated heterocycles. The monoisotopic (exact) mass is 821 g/mol. The first-order chi connectivity index (χ1) is 31.2. The number of benzene rings is 8. The van der Waals surface area contributed by atoms with Crippen LogP contribution in [0.4, 0.5) is 0 Å². The average molecular weight is 822 g/mol. The Labute approximate surface area is 370 Å². The average Bonchev–Trinajstić information content (AvgIpc) is 3.82. The SMILES string of the molecule is Cc1ccc2c(c1)c1cc(C)ccc1n2-c1ccc(-c2nc(-c3ccccc3)nc(-c3ccc(-n4c5ccc(C)cc5c5cc(C)ccc54)cc3-c3ccc(C#N)cc3)n2)c(C#N)c1. The van der Waals surface area contributed by atoms with Gasteiger partial charge in [-0.15, -0.1) is 0 Å². The predicted octanol–water partition coefficient (Wildman–Crippen LogP) is 13.7. The van der Waals surface area contributed by atoms with Gasteiger partial charge in [-0.3, -0.25) is 0 Å². The summed E-state index contributed by atoms with van der Waals surface area (Å²) in [5.74, 6) is 1.34. The van der Waals surface area contributed by atoms with Gasteiger partial charge in [-0.2, -0.15) is 10.5 Å². The number of nitriles is 2. The first kappa shape index (κ1) is 38.3. The molecule has 7 heteroatoms. The minimum Gasteiger partial charge on any atom is -0.309 e. The van der Waals surface area contributed by atoms with E-state index in [9.17, 15) is 10.5 Å². The Morgan fingerprint density at radius 2 is 0.828 bits per heavy atom. The minimum atomic E-state index is 0.392. The highest BCUT2D eigenvalue weighted by Gasteiger charge is 2.21. The summed E-state index contributed by atoms with van der Waals surface area (Å²) in [5, 5.41) is 25.3. The second-order valence-electron chi connectivity index (χ2n) is 16.7. The Bertz CT molecular complexity index is 3670. The van der Waals surface area contributed by atoms with Gasteiger partial charge in [-0.05, 0) is 136 Å². The summed E-state index contributed by atoms with van der Waals surface area (Å²) >= 11 is 0. The van der Waals surface area contributed by atoms with Crippen LogP contribution in [0, 0.1) is 50.4 Å². The lowest BCUT2D eigenvalue weighted by Gasteiger charge is -2.16. The third-order valence-electron chi connectivity index (χ3n) is 12.3. The van der Waals surface area contributed by atoms with Gasteiger partial charge in [0.1, 0.15) is 0 Å². The highest BCUT2D eigenvalue weighted by Crippen LogP contribution is 2.40. The molecule has 0 aliphatic heterocycles. The molecule has 0 atom stereocenters. The molecular formula is C57H39N7. The van der Waals surface area contributed by atoms with Crippen molar-refractivity contribution < 1.29 is 0 Å². The van der Waals surface area contributed by atoms with Crippen LogP contribution >= 0.6 is 0 Å². The predicted molar refractivity (Wildman–Crippen MR) is 259 cm³/mol. The van der Waals surface area contributed by atoms with Crippen molar-refractivity contribution in [1.82, 2.24) is 24.1 Å². The summed E-state index contributed by atoms with van der Waals surface area (Å²) in [6.45, 7) is 8.49. The summed E-state index contributed by atoms with van der Waals surface area (Å²) in [7, 11) is 0. The number of hydrogen-bond donors (Lipinski definition) is 0. The summed E-state index contributed by atoms with van der Waals surface area (Å²) in [6.07, 6.45) is 0. The second-order valence-corrected chi connectivity index (χ2v) is 16.7. The lowest BCUT2D eigenvalue weighted by atomic mass is 9.97. The van der Waals surface area contributed by atoms with E-state index in [1.165, 1.54) is 43.8 Å². The number of hydrogen-bond acceptors (Lipinski definition) is 5. The van der Waals surface area contributed by atoms with Gasteiger partial charge in [-0.1, -0.05) is 89.0 Å². The van der Waals surface area contributed by atoms with Crippen LogP contribution in [-0.2, 0) is 0 Å². The molecule has 0 N–H and O–H groups in total. The number of aromatic nitrogens is 5. The Kier molecular flexibility index (Phi) is 9.01. The molecule has 0 fully saturated rings. The van der Waals surface area contributed by atoms with Crippen molar-refractivity contribution in [2.75, 3.05) is 0 Å². The van der Waals surface area contributed by atoms with Crippen LogP contribution in [0.15, 0.2) is 164 Å². The van der Waals surface area contributed by atoms with Crippen LogP contribution < -0.4 is 0 Å². The first-order valence-corrected chi connectivity index (χ1v) is 21.3. The van der Waals surface area contributed by atoms with E-state index in [2.05, 4.69) is 140 Å². The minimum absolute atomic E-state index is 0.392. The molecule has 3 aromatic heterocycles. The summed E-state index contributed by atoms with van der Waals surface area (Å²) in [5.41, 5.74) is 16.0. The van der Waals surface area contributed by atoms with Gasteiger partial charge in [0.25, 0.3) is 0 Å². The molecule has 11 rings (SSSR count). The maximum Gasteiger partial charge on any atom is 0.165 e. The first-order valence-electron chi connectivity index (χ1n) is 21.3. The molecule has 0 spiro atoms. The quantitative estimate of drug-likeness (QED) is 0.166. The number of fused-ring (bicyclic) bond motifs is 6. The Balaban J connectivity index is 1.12. The van der Waals surface area contributed by atoms with Crippen molar-refractivity contribution in [3.05, 3.63) is 197 Å². The largest absolute Gasteiger partial charge is 0.309 e. The zero-order valence-corrected chi connectivity index (χ0v) is 35.7. The maximum atomic E-state index is 10.9. The normalized spacial score (nSPS) is 11.4. The Morgan fingerprint density at radius 3 is 1.31 bits per heavy atom. The van der Waals surface area contributed by atoms with E-state index in [0.29, 0.717) is 34.2 Å². The molecule has 11 aromatic rings. The van der Waals surface area contributed by atoms with E-state index < -0.39 is 0 Å². The number of rotatable bonds is 6. The van der Waals surface area contributed by atoms with Crippen molar-refractivity contribution in [3.63, 3.8) is 0 Å². The summed E-state index contributed by atoms with van der Waals surface area (Å²) in [4.78, 5) is 15.4. The van der Waals surface area contributed by atoms with Gasteiger partial charge in [-0.25, -0.2) is 15.0 Å². The fourth-order valence-corrected chi connectivity index (χ4v) is 9.18. The molecule has 0 radical (unpaired) electrons. The molecule has 0 aliphatic rings. The topological polar surface area (TPSA) is 96.1 Å². The highest BCUT2D eigenvalue weighted by atomic mass is 15.0. The Hall–Kier alpha value is -8.65. The van der Waals surface area contributed by atoms with E-state index in [1.54, 1.807) is 0 Å². The van der Waals surface area contributed by atoms with E-state index in [0.717, 1.165) is 55.7 Å². The van der Waals surface area contributed by atoms with E-state index >= 15 is 0 Å². The standard InChI is InChI=1S/C57H39N7/c1-34-10-22-51-47(26-34)48-27-35(2)11-23-52(48)63(51)42-18-20-44(41(30-42)33-59)56-60-55(40-8-6-5-7-9-40)61-57(62-56)45-21-19-43(31-46(45)39-16-14-38(32-58)15-17-39)64-53-24-12-36(3)28-49(53)50-29-37(4)13-25-54(50)64/h5-31H,1-4H3. The molecule has 7 nitrogen and oxygen atoms in total. The molecule has 3 heterocycles. The zero-order valence-electron chi connectivity index (χ0n) is 35.7. The van der Waals surface area contributed by atoms with Gasteiger partial charge in [0.15, 0.2) is 17.5 Å². The molecular weight excluding hydrogens is 783 g/mol. The van der Waals surface area contributed by atoms with Crippen molar-refractivity contribution in [2.24, 2.45) is 0 Å². The van der Waals surface area contributed by atoms with Crippen LogP contribution in [0.1, 0.15) is 33.4 Å². The molecule has 0 bridgehead atoms. The van der Waals surface area contributed by atoms with Crippen molar-refractivity contribution in [1.29, 1.82) is 10.5 Å². The van der Waals surface area contributed by atoms with Gasteiger partial charge in [0.05, 0.1) is 45.3 Å². The summed E-state index contributed by atoms with van der Waals surface area (Å²) < 4.78 is 4.54. The van der Waals surface area contributed by atoms with E-state index in [1.807, 2.05) is 72.8 Å². The maximum absolute atomic E-state index is 10.9. The van der Waals surface area contributed by atoms with Crippen LogP contribution in [-0.4, -0.2) is 24.1 Å². The van der Waals surface area contributed by atoms with Crippen molar-refractivity contribution in [2.45, 2.75) is 27.7 Å². The van der Waals surface area contributed by atoms with Gasteiger partial charge in [0.2, 0.25) is 0 Å². The molecule has 0 amide bonds. The van der Waals surface area contributed by atoms with Crippen LogP contribution in [0.5, 0.6) is 0 Å². The van der Waals surface area contributed by atoms with Gasteiger partial charge in [0, 0.05) is 49.6 Å². The lowest BCUT2D eigenvalue weighted by Crippen LogP contribution is -2.03. The molecule has 0 unspecified atom stereocenters. The molecule has 302 valence electrons. The lowest BCUT2D eigenvalue weighted by molar-refractivity contribution is 1.07. The van der Waals surface area contributed by atoms with Gasteiger partial charge >= 0.3 is 0 Å². The van der Waals surface area contributed by atoms with E-state index in [4.69, 9.17) is 15.0 Å². The molecule has 8 aromatic carbocycles. The van der Waals surface area contributed by atoms with Crippen LogP contribution in [0.2, 0.25) is 0 Å². The van der Waals surface area contributed by atoms with Gasteiger partial charge < -0.3 is 9.13 Å². The molecule has 0 aliphatic carbocycles. The third-order valence-corrected chi connectivity index (χ3v) is 12.3. The molecule has 64 heavy (non-hydrogen) atoms. The number of nitrogens with zero attached hydrogens (tertiary/aromatic N) is 7. The second kappa shape index (κ2) is 15.1. The third kappa shape index (κ3) is 6.38. The number of aryl methyl sites for hydroxylation is 4. The van der Waals surface area contributed by atoms with Crippen LogP contribution in [0.3, 0.4) is 0 Å². The smallest absolute Gasteiger partial charge is 0.165 e. The van der Waals surface area contributed by atoms with E-state index in [-0.39, 0.29) is 0 Å². The fourth-order valence-electron chi connectivity index (χ4n) is 9.18. The van der Waals surface area contributed by atoms with Crippen molar-refractivity contribution in [3.8, 4) is 68.8 Å². The van der Waals surface area contributed by atoms with Crippen LogP contribution in [0.25, 0.3) is 100 Å². The zero-order chi connectivity index (χ0) is 43.6. The fraction of sp³-hybridized carbons (Fsp3) is 0.0702.